The first-order valence-electron chi connectivity index (χ1n) is 9.60. The number of aliphatic carboxylic acids is 1. The number of hydrogen-bond donors (Lipinski definition) is 2. The number of carboxylic acids is 1. The highest BCUT2D eigenvalue weighted by Crippen LogP contribution is 2.17. The molecule has 0 fully saturated rings. The van der Waals surface area contributed by atoms with Crippen molar-refractivity contribution in [3.05, 3.63) is 0 Å². The summed E-state index contributed by atoms with van der Waals surface area (Å²) in [4.78, 5) is 22.7. The molecule has 2 unspecified atom stereocenters. The number of ether oxygens (including phenoxy) is 1. The molecule has 0 rings (SSSR count). The third kappa shape index (κ3) is 12.2. The van der Waals surface area contributed by atoms with Crippen molar-refractivity contribution in [2.75, 3.05) is 0 Å². The van der Waals surface area contributed by atoms with Gasteiger partial charge < -0.3 is 9.84 Å². The molecule has 7 nitrogen and oxygen atoms in total. The number of carboxylic acid groups (broad SMARTS) is 1. The lowest BCUT2D eigenvalue weighted by Gasteiger charge is -2.20. The van der Waals surface area contributed by atoms with Gasteiger partial charge in [-0.15, -0.1) is 0 Å². The van der Waals surface area contributed by atoms with E-state index in [1.165, 1.54) is 32.1 Å². The van der Waals surface area contributed by atoms with Gasteiger partial charge in [0.05, 0.1) is 6.42 Å². The van der Waals surface area contributed by atoms with Crippen molar-refractivity contribution in [3.63, 3.8) is 0 Å². The largest absolute Gasteiger partial charge is 0.481 e. The van der Waals surface area contributed by atoms with Crippen LogP contribution in [0.2, 0.25) is 0 Å². The highest BCUT2D eigenvalue weighted by molar-refractivity contribution is 7.87. The zero-order valence-electron chi connectivity index (χ0n) is 16.0. The quantitative estimate of drug-likeness (QED) is 0.231. The molecule has 0 bridgehead atoms. The number of carbonyl (C=O) groups excluding carboxylic acids is 1. The van der Waals surface area contributed by atoms with Crippen molar-refractivity contribution in [1.82, 2.24) is 0 Å². The molecule has 0 aliphatic carbocycles. The molecule has 154 valence electrons. The van der Waals surface area contributed by atoms with Crippen LogP contribution in [-0.4, -0.2) is 41.4 Å². The first kappa shape index (κ1) is 24.8. The average molecular weight is 395 g/mol. The van der Waals surface area contributed by atoms with Gasteiger partial charge in [0.25, 0.3) is 10.1 Å². The predicted octanol–water partition coefficient (Wildman–Crippen LogP) is 3.96. The molecule has 2 atom stereocenters. The zero-order valence-corrected chi connectivity index (χ0v) is 16.8. The Morgan fingerprint density at radius 3 is 1.88 bits per heavy atom. The summed E-state index contributed by atoms with van der Waals surface area (Å²) < 4.78 is 36.8. The molecule has 0 aromatic rings. The third-order valence-electron chi connectivity index (χ3n) is 4.26. The van der Waals surface area contributed by atoms with E-state index in [9.17, 15) is 18.0 Å². The Bertz CT molecular complexity index is 502. The SMILES string of the molecule is CCCCCCCCCCC(CCC)OC(=O)C(CC(=O)O)S(=O)(=O)O. The van der Waals surface area contributed by atoms with Crippen LogP contribution in [-0.2, 0) is 24.4 Å². The number of carbonyl (C=O) groups is 2. The molecule has 2 N–H and O–H groups in total. The van der Waals surface area contributed by atoms with Crippen molar-refractivity contribution in [2.45, 2.75) is 102 Å². The molecule has 0 aromatic carbocycles. The minimum atomic E-state index is -4.82. The molecule has 0 aliphatic rings. The average Bonchev–Trinajstić information content (AvgIpc) is 2.53. The Kier molecular flexibility index (Phi) is 13.4. The van der Waals surface area contributed by atoms with Gasteiger partial charge in [0.15, 0.2) is 5.25 Å². The number of rotatable bonds is 16. The Morgan fingerprint density at radius 2 is 1.42 bits per heavy atom. The Labute approximate surface area is 157 Å². The summed E-state index contributed by atoms with van der Waals surface area (Å²) in [6.45, 7) is 4.10. The topological polar surface area (TPSA) is 118 Å². The van der Waals surface area contributed by atoms with Crippen molar-refractivity contribution in [2.24, 2.45) is 0 Å². The fourth-order valence-corrected chi connectivity index (χ4v) is 3.45. The first-order chi connectivity index (χ1) is 12.2. The van der Waals surface area contributed by atoms with Crippen LogP contribution in [0.15, 0.2) is 0 Å². The van der Waals surface area contributed by atoms with Gasteiger partial charge in [-0.25, -0.2) is 0 Å². The minimum absolute atomic E-state index is 0.453. The van der Waals surface area contributed by atoms with E-state index < -0.39 is 39.8 Å². The van der Waals surface area contributed by atoms with Gasteiger partial charge in [-0.3, -0.25) is 14.1 Å². The lowest BCUT2D eigenvalue weighted by molar-refractivity contribution is -0.152. The lowest BCUT2D eigenvalue weighted by Crippen LogP contribution is -2.36. The Morgan fingerprint density at radius 1 is 0.885 bits per heavy atom. The lowest BCUT2D eigenvalue weighted by atomic mass is 10.0. The maximum absolute atomic E-state index is 12.0. The predicted molar refractivity (Wildman–Crippen MR) is 99.6 cm³/mol. The van der Waals surface area contributed by atoms with Crippen LogP contribution < -0.4 is 0 Å². The van der Waals surface area contributed by atoms with E-state index in [-0.39, 0.29) is 0 Å². The van der Waals surface area contributed by atoms with E-state index in [1.807, 2.05) is 6.92 Å². The van der Waals surface area contributed by atoms with Crippen LogP contribution in [0.3, 0.4) is 0 Å². The van der Waals surface area contributed by atoms with Crippen molar-refractivity contribution < 1.29 is 32.4 Å². The summed E-state index contributed by atoms with van der Waals surface area (Å²) in [5.41, 5.74) is 0. The molecular weight excluding hydrogens is 360 g/mol. The normalized spacial score (nSPS) is 14.0. The second kappa shape index (κ2) is 14.0. The van der Waals surface area contributed by atoms with Gasteiger partial charge in [-0.1, -0.05) is 65.2 Å². The van der Waals surface area contributed by atoms with Crippen molar-refractivity contribution in [1.29, 1.82) is 0 Å². The van der Waals surface area contributed by atoms with Gasteiger partial charge in [0.1, 0.15) is 6.10 Å². The van der Waals surface area contributed by atoms with E-state index in [1.54, 1.807) is 0 Å². The molecule has 26 heavy (non-hydrogen) atoms. The maximum Gasteiger partial charge on any atom is 0.327 e. The molecule has 8 heteroatoms. The molecule has 0 radical (unpaired) electrons. The molecule has 0 saturated carbocycles. The molecule has 0 spiro atoms. The summed E-state index contributed by atoms with van der Waals surface area (Å²) in [5.74, 6) is -2.67. The maximum atomic E-state index is 12.0. The smallest absolute Gasteiger partial charge is 0.327 e. The fourth-order valence-electron chi connectivity index (χ4n) is 2.80. The molecule has 0 aliphatic heterocycles. The standard InChI is InChI=1S/C18H34O7S/c1-3-5-6-7-8-9-10-11-13-15(12-4-2)25-18(21)16(14-17(19)20)26(22,23)24/h15-16H,3-14H2,1-2H3,(H,19,20)(H,22,23,24). The van der Waals surface area contributed by atoms with Crippen LogP contribution >= 0.6 is 0 Å². The highest BCUT2D eigenvalue weighted by atomic mass is 32.2. The number of hydrogen-bond acceptors (Lipinski definition) is 5. The summed E-state index contributed by atoms with van der Waals surface area (Å²) in [6, 6.07) is 0. The fraction of sp³-hybridized carbons (Fsp3) is 0.889. The molecule has 0 aromatic heterocycles. The Balaban J connectivity index is 4.38. The molecular formula is C18H34O7S. The monoisotopic (exact) mass is 394 g/mol. The number of esters is 1. The second-order valence-electron chi connectivity index (χ2n) is 6.71. The van der Waals surface area contributed by atoms with Crippen LogP contribution in [0.25, 0.3) is 0 Å². The van der Waals surface area contributed by atoms with E-state index in [0.29, 0.717) is 12.8 Å². The second-order valence-corrected chi connectivity index (χ2v) is 8.31. The summed E-state index contributed by atoms with van der Waals surface area (Å²) in [6.07, 6.45) is 9.62. The highest BCUT2D eigenvalue weighted by Gasteiger charge is 2.36. The molecule has 0 heterocycles. The van der Waals surface area contributed by atoms with Crippen molar-refractivity contribution in [3.8, 4) is 0 Å². The summed E-state index contributed by atoms with van der Waals surface area (Å²) in [7, 11) is -4.82. The molecule has 0 saturated heterocycles. The van der Waals surface area contributed by atoms with Crippen molar-refractivity contribution >= 4 is 22.1 Å². The first-order valence-corrected chi connectivity index (χ1v) is 11.1. The Hall–Kier alpha value is -1.15. The van der Waals surface area contributed by atoms with Crippen LogP contribution in [0.4, 0.5) is 0 Å². The van der Waals surface area contributed by atoms with Crippen LogP contribution in [0.1, 0.15) is 90.9 Å². The van der Waals surface area contributed by atoms with Gasteiger partial charge in [0.2, 0.25) is 0 Å². The number of unbranched alkanes of at least 4 members (excludes halogenated alkanes) is 7. The van der Waals surface area contributed by atoms with Crippen LogP contribution in [0, 0.1) is 0 Å². The van der Waals surface area contributed by atoms with Gasteiger partial charge in [-0.05, 0) is 19.3 Å². The van der Waals surface area contributed by atoms with E-state index in [2.05, 4.69) is 6.92 Å². The summed E-state index contributed by atoms with van der Waals surface area (Å²) in [5, 5.41) is 6.66. The molecule has 0 amide bonds. The third-order valence-corrected chi connectivity index (χ3v) is 5.33. The minimum Gasteiger partial charge on any atom is -0.481 e. The zero-order chi connectivity index (χ0) is 20.0. The van der Waals surface area contributed by atoms with E-state index in [4.69, 9.17) is 14.4 Å². The van der Waals surface area contributed by atoms with Crippen LogP contribution in [0.5, 0.6) is 0 Å². The van der Waals surface area contributed by atoms with Gasteiger partial charge >= 0.3 is 11.9 Å². The van der Waals surface area contributed by atoms with Gasteiger partial charge in [-0.2, -0.15) is 8.42 Å². The summed E-state index contributed by atoms with van der Waals surface area (Å²) >= 11 is 0. The van der Waals surface area contributed by atoms with E-state index >= 15 is 0 Å². The van der Waals surface area contributed by atoms with Gasteiger partial charge in [0, 0.05) is 0 Å². The van der Waals surface area contributed by atoms with E-state index in [0.717, 1.165) is 25.7 Å².